The minimum atomic E-state index is -4.09. The molecule has 0 saturated carbocycles. The molecule has 1 aromatic rings. The van der Waals surface area contributed by atoms with Gasteiger partial charge in [0.2, 0.25) is 0 Å². The van der Waals surface area contributed by atoms with Crippen LogP contribution >= 0.6 is 12.2 Å². The third kappa shape index (κ3) is 4.91. The van der Waals surface area contributed by atoms with Crippen molar-refractivity contribution in [2.24, 2.45) is 5.73 Å². The van der Waals surface area contributed by atoms with Gasteiger partial charge in [0.25, 0.3) is 0 Å². The molecule has 0 amide bonds. The molecule has 2 N–H and O–H groups in total. The lowest BCUT2D eigenvalue weighted by Crippen LogP contribution is -2.20. The summed E-state index contributed by atoms with van der Waals surface area (Å²) in [6, 6.07) is 7.11. The lowest BCUT2D eigenvalue weighted by molar-refractivity contribution is -0.135. The van der Waals surface area contributed by atoms with Crippen molar-refractivity contribution in [3.8, 4) is 0 Å². The maximum atomic E-state index is 12.0. The van der Waals surface area contributed by atoms with E-state index >= 15 is 0 Å². The zero-order chi connectivity index (χ0) is 13.8. The second-order valence-electron chi connectivity index (χ2n) is 4.05. The topological polar surface area (TPSA) is 29.3 Å². The molecular weight excluding hydrogens is 261 g/mol. The van der Waals surface area contributed by atoms with E-state index in [1.165, 1.54) is 0 Å². The average Bonchev–Trinajstić information content (AvgIpc) is 2.27. The Kier molecular flexibility index (Phi) is 4.95. The van der Waals surface area contributed by atoms with Crippen LogP contribution in [0.15, 0.2) is 24.3 Å². The fourth-order valence-corrected chi connectivity index (χ4v) is 1.66. The van der Waals surface area contributed by atoms with Crippen LogP contribution in [0.3, 0.4) is 0 Å². The van der Waals surface area contributed by atoms with Crippen LogP contribution in [0, 0.1) is 0 Å². The van der Waals surface area contributed by atoms with Crippen molar-refractivity contribution in [2.45, 2.75) is 19.0 Å². The predicted octanol–water partition coefficient (Wildman–Crippen LogP) is 3.10. The summed E-state index contributed by atoms with van der Waals surface area (Å²) in [5.74, 6) is 0. The number of benzene rings is 1. The Morgan fingerprint density at radius 1 is 1.28 bits per heavy atom. The summed E-state index contributed by atoms with van der Waals surface area (Å²) >= 11 is 4.82. The van der Waals surface area contributed by atoms with Crippen molar-refractivity contribution in [1.29, 1.82) is 0 Å². The minimum Gasteiger partial charge on any atom is -0.389 e. The fraction of sp³-hybridized carbons (Fsp3) is 0.417. The zero-order valence-corrected chi connectivity index (χ0v) is 10.8. The van der Waals surface area contributed by atoms with Gasteiger partial charge in [0.1, 0.15) is 4.99 Å². The summed E-state index contributed by atoms with van der Waals surface area (Å²) in [6.07, 6.45) is -4.77. The Hall–Kier alpha value is -1.30. The molecule has 0 fully saturated rings. The Bertz CT molecular complexity index is 401. The van der Waals surface area contributed by atoms with Gasteiger partial charge in [-0.2, -0.15) is 13.2 Å². The smallest absolute Gasteiger partial charge is 0.389 e. The van der Waals surface area contributed by atoms with Gasteiger partial charge in [-0.15, -0.1) is 0 Å². The second kappa shape index (κ2) is 6.04. The van der Waals surface area contributed by atoms with Crippen molar-refractivity contribution >= 4 is 22.9 Å². The standard InChI is InChI=1S/C12H15F3N2S/c1-17(8-2-7-12(13,14)15)10-5-3-9(4-6-10)11(16)18/h3-6H,2,7-8H2,1H3,(H2,16,18). The Morgan fingerprint density at radius 3 is 2.28 bits per heavy atom. The highest BCUT2D eigenvalue weighted by Crippen LogP contribution is 2.22. The van der Waals surface area contributed by atoms with Crippen LogP contribution in [0.2, 0.25) is 0 Å². The van der Waals surface area contributed by atoms with Gasteiger partial charge in [0, 0.05) is 31.3 Å². The first-order chi connectivity index (χ1) is 8.29. The van der Waals surface area contributed by atoms with Crippen LogP contribution in [-0.4, -0.2) is 24.8 Å². The number of halogens is 3. The molecule has 2 nitrogen and oxygen atoms in total. The molecule has 0 aliphatic rings. The van der Waals surface area contributed by atoms with Gasteiger partial charge < -0.3 is 10.6 Å². The lowest BCUT2D eigenvalue weighted by Gasteiger charge is -2.19. The molecule has 0 bridgehead atoms. The summed E-state index contributed by atoms with van der Waals surface area (Å²) in [6.45, 7) is 0.353. The largest absolute Gasteiger partial charge is 0.389 e. The van der Waals surface area contributed by atoms with E-state index in [9.17, 15) is 13.2 Å². The Labute approximate surface area is 110 Å². The van der Waals surface area contributed by atoms with Crippen LogP contribution in [0.25, 0.3) is 0 Å². The highest BCUT2D eigenvalue weighted by Gasteiger charge is 2.26. The third-order valence-electron chi connectivity index (χ3n) is 2.55. The minimum absolute atomic E-state index is 0.0804. The second-order valence-corrected chi connectivity index (χ2v) is 4.49. The quantitative estimate of drug-likeness (QED) is 0.838. The summed E-state index contributed by atoms with van der Waals surface area (Å²) in [4.78, 5) is 2.08. The highest BCUT2D eigenvalue weighted by molar-refractivity contribution is 7.80. The summed E-state index contributed by atoms with van der Waals surface area (Å²) in [5, 5.41) is 0. The van der Waals surface area contributed by atoms with E-state index in [0.717, 1.165) is 11.3 Å². The molecule has 0 aromatic heterocycles. The number of rotatable bonds is 5. The fourth-order valence-electron chi connectivity index (χ4n) is 1.53. The van der Waals surface area contributed by atoms with E-state index in [1.807, 2.05) is 0 Å². The number of hydrogen-bond donors (Lipinski definition) is 1. The SMILES string of the molecule is CN(CCCC(F)(F)F)c1ccc(C(N)=S)cc1. The van der Waals surface area contributed by atoms with E-state index < -0.39 is 12.6 Å². The van der Waals surface area contributed by atoms with Crippen molar-refractivity contribution in [1.82, 2.24) is 0 Å². The molecule has 1 rings (SSSR count). The van der Waals surface area contributed by atoms with Crippen molar-refractivity contribution in [2.75, 3.05) is 18.5 Å². The molecule has 0 aliphatic heterocycles. The van der Waals surface area contributed by atoms with Gasteiger partial charge >= 0.3 is 6.18 Å². The first-order valence-electron chi connectivity index (χ1n) is 5.47. The molecular formula is C12H15F3N2S. The van der Waals surface area contributed by atoms with Gasteiger partial charge in [-0.05, 0) is 30.7 Å². The first-order valence-corrected chi connectivity index (χ1v) is 5.88. The predicted molar refractivity (Wildman–Crippen MR) is 70.9 cm³/mol. The number of nitrogens with two attached hydrogens (primary N) is 1. The van der Waals surface area contributed by atoms with Gasteiger partial charge in [-0.25, -0.2) is 0 Å². The van der Waals surface area contributed by atoms with Crippen molar-refractivity contribution in [3.05, 3.63) is 29.8 Å². The van der Waals surface area contributed by atoms with Crippen LogP contribution < -0.4 is 10.6 Å². The zero-order valence-electron chi connectivity index (χ0n) is 10.00. The Morgan fingerprint density at radius 2 is 1.83 bits per heavy atom. The molecule has 0 heterocycles. The Balaban J connectivity index is 2.51. The maximum absolute atomic E-state index is 12.0. The van der Waals surface area contributed by atoms with Gasteiger partial charge in [0.15, 0.2) is 0 Å². The molecule has 100 valence electrons. The van der Waals surface area contributed by atoms with Crippen molar-refractivity contribution in [3.63, 3.8) is 0 Å². The van der Waals surface area contributed by atoms with Gasteiger partial charge in [-0.3, -0.25) is 0 Å². The molecule has 0 spiro atoms. The van der Waals surface area contributed by atoms with Gasteiger partial charge in [0.05, 0.1) is 0 Å². The summed E-state index contributed by atoms with van der Waals surface area (Å²) < 4.78 is 36.0. The molecule has 0 aliphatic carbocycles. The van der Waals surface area contributed by atoms with E-state index in [2.05, 4.69) is 0 Å². The molecule has 18 heavy (non-hydrogen) atoms. The molecule has 6 heteroatoms. The van der Waals surface area contributed by atoms with E-state index in [1.54, 1.807) is 36.2 Å². The van der Waals surface area contributed by atoms with Crippen LogP contribution in [0.1, 0.15) is 18.4 Å². The number of hydrogen-bond acceptors (Lipinski definition) is 2. The molecule has 1 aromatic carbocycles. The number of nitrogens with zero attached hydrogens (tertiary/aromatic N) is 1. The summed E-state index contributed by atoms with van der Waals surface area (Å²) in [5.41, 5.74) is 7.05. The van der Waals surface area contributed by atoms with E-state index in [-0.39, 0.29) is 6.42 Å². The maximum Gasteiger partial charge on any atom is 0.389 e. The number of anilines is 1. The van der Waals surface area contributed by atoms with Crippen molar-refractivity contribution < 1.29 is 13.2 Å². The monoisotopic (exact) mass is 276 g/mol. The van der Waals surface area contributed by atoms with E-state index in [0.29, 0.717) is 11.5 Å². The van der Waals surface area contributed by atoms with E-state index in [4.69, 9.17) is 18.0 Å². The molecule has 0 unspecified atom stereocenters. The van der Waals surface area contributed by atoms with Crippen LogP contribution in [0.4, 0.5) is 18.9 Å². The third-order valence-corrected chi connectivity index (χ3v) is 2.78. The average molecular weight is 276 g/mol. The molecule has 0 saturated heterocycles. The summed E-state index contributed by atoms with van der Waals surface area (Å²) in [7, 11) is 1.76. The first kappa shape index (κ1) is 14.8. The van der Waals surface area contributed by atoms with Crippen LogP contribution in [0.5, 0.6) is 0 Å². The van der Waals surface area contributed by atoms with Crippen LogP contribution in [-0.2, 0) is 0 Å². The normalized spacial score (nSPS) is 11.3. The highest BCUT2D eigenvalue weighted by atomic mass is 32.1. The molecule has 0 radical (unpaired) electrons. The number of thiocarbonyl (C=S) groups is 1. The molecule has 0 atom stereocenters. The lowest BCUT2D eigenvalue weighted by atomic mass is 10.2. The van der Waals surface area contributed by atoms with Gasteiger partial charge in [-0.1, -0.05) is 12.2 Å². The number of alkyl halides is 3.